The second kappa shape index (κ2) is 5.93. The molecule has 20 heavy (non-hydrogen) atoms. The molecule has 0 aliphatic carbocycles. The standard InChI is InChI=1S/C12H16ClN5S2/c1-8-7-19-12(14-8)18-4-3-17(5-9(18)2)6-10-11(13)20-16-15-10/h7,9H,3-6H2,1-2H3. The summed E-state index contributed by atoms with van der Waals surface area (Å²) >= 11 is 9.05. The van der Waals surface area contributed by atoms with E-state index in [1.54, 1.807) is 11.3 Å². The number of anilines is 1. The van der Waals surface area contributed by atoms with Crippen LogP contribution in [0.2, 0.25) is 4.34 Å². The number of hydrogen-bond acceptors (Lipinski definition) is 7. The van der Waals surface area contributed by atoms with Crippen LogP contribution in [0.4, 0.5) is 5.13 Å². The van der Waals surface area contributed by atoms with E-state index < -0.39 is 0 Å². The van der Waals surface area contributed by atoms with Crippen molar-refractivity contribution in [1.82, 2.24) is 19.5 Å². The Bertz CT molecular complexity index is 584. The molecule has 0 bridgehead atoms. The normalized spacial score (nSPS) is 20.6. The minimum atomic E-state index is 0.444. The summed E-state index contributed by atoms with van der Waals surface area (Å²) in [7, 11) is 0. The van der Waals surface area contributed by atoms with E-state index in [4.69, 9.17) is 11.6 Å². The zero-order valence-electron chi connectivity index (χ0n) is 11.4. The average molecular weight is 330 g/mol. The van der Waals surface area contributed by atoms with Gasteiger partial charge in [0, 0.05) is 49.1 Å². The lowest BCUT2D eigenvalue weighted by molar-refractivity contribution is 0.218. The highest BCUT2D eigenvalue weighted by molar-refractivity contribution is 7.13. The zero-order valence-corrected chi connectivity index (χ0v) is 13.8. The predicted molar refractivity (Wildman–Crippen MR) is 83.9 cm³/mol. The molecular weight excluding hydrogens is 314 g/mol. The second-order valence-electron chi connectivity index (χ2n) is 5.04. The van der Waals surface area contributed by atoms with Crippen LogP contribution in [0, 0.1) is 6.92 Å². The Morgan fingerprint density at radius 1 is 1.45 bits per heavy atom. The van der Waals surface area contributed by atoms with Gasteiger partial charge in [0.2, 0.25) is 0 Å². The number of rotatable bonds is 3. The molecule has 108 valence electrons. The molecule has 3 rings (SSSR count). The van der Waals surface area contributed by atoms with E-state index in [1.807, 2.05) is 6.92 Å². The molecule has 0 radical (unpaired) electrons. The number of nitrogens with zero attached hydrogens (tertiary/aromatic N) is 5. The molecule has 0 N–H and O–H groups in total. The molecule has 1 atom stereocenters. The maximum absolute atomic E-state index is 6.07. The van der Waals surface area contributed by atoms with Gasteiger partial charge in [0.15, 0.2) is 5.13 Å². The van der Waals surface area contributed by atoms with E-state index in [0.29, 0.717) is 10.4 Å². The van der Waals surface area contributed by atoms with Crippen LogP contribution in [0.15, 0.2) is 5.38 Å². The Labute approximate surface area is 131 Å². The minimum Gasteiger partial charge on any atom is -0.343 e. The number of aryl methyl sites for hydroxylation is 1. The summed E-state index contributed by atoms with van der Waals surface area (Å²) in [5.74, 6) is 0. The van der Waals surface area contributed by atoms with Gasteiger partial charge in [-0.3, -0.25) is 4.90 Å². The first-order valence-electron chi connectivity index (χ1n) is 6.51. The molecule has 0 amide bonds. The van der Waals surface area contributed by atoms with Gasteiger partial charge in [-0.2, -0.15) is 0 Å². The van der Waals surface area contributed by atoms with Gasteiger partial charge in [-0.05, 0) is 13.8 Å². The molecule has 0 aromatic carbocycles. The van der Waals surface area contributed by atoms with E-state index >= 15 is 0 Å². The van der Waals surface area contributed by atoms with Crippen LogP contribution >= 0.6 is 34.5 Å². The van der Waals surface area contributed by atoms with E-state index in [9.17, 15) is 0 Å². The van der Waals surface area contributed by atoms with Gasteiger partial charge in [0.25, 0.3) is 0 Å². The third-order valence-electron chi connectivity index (χ3n) is 3.45. The van der Waals surface area contributed by atoms with E-state index in [0.717, 1.165) is 42.7 Å². The summed E-state index contributed by atoms with van der Waals surface area (Å²) in [5, 5.41) is 7.32. The fourth-order valence-corrected chi connectivity index (χ4v) is 3.98. The lowest BCUT2D eigenvalue weighted by atomic mass is 10.2. The molecule has 1 saturated heterocycles. The van der Waals surface area contributed by atoms with Crippen LogP contribution in [-0.2, 0) is 6.54 Å². The van der Waals surface area contributed by atoms with Crippen LogP contribution < -0.4 is 4.90 Å². The highest BCUT2D eigenvalue weighted by Crippen LogP contribution is 2.26. The van der Waals surface area contributed by atoms with E-state index in [1.165, 1.54) is 11.5 Å². The van der Waals surface area contributed by atoms with Gasteiger partial charge in [0.1, 0.15) is 10.0 Å². The molecule has 1 aliphatic rings. The summed E-state index contributed by atoms with van der Waals surface area (Å²) < 4.78 is 4.59. The molecule has 1 unspecified atom stereocenters. The number of hydrogen-bond donors (Lipinski definition) is 0. The Morgan fingerprint density at radius 3 is 2.90 bits per heavy atom. The van der Waals surface area contributed by atoms with Crippen LogP contribution in [0.1, 0.15) is 18.3 Å². The largest absolute Gasteiger partial charge is 0.343 e. The van der Waals surface area contributed by atoms with Gasteiger partial charge in [-0.25, -0.2) is 4.98 Å². The Kier molecular flexibility index (Phi) is 4.21. The summed E-state index contributed by atoms with van der Waals surface area (Å²) in [6.45, 7) is 8.04. The minimum absolute atomic E-state index is 0.444. The number of piperazine rings is 1. The zero-order chi connectivity index (χ0) is 14.1. The first kappa shape index (κ1) is 14.2. The van der Waals surface area contributed by atoms with E-state index in [-0.39, 0.29) is 0 Å². The van der Waals surface area contributed by atoms with Gasteiger partial charge in [-0.1, -0.05) is 16.1 Å². The van der Waals surface area contributed by atoms with Crippen LogP contribution in [0.25, 0.3) is 0 Å². The second-order valence-corrected chi connectivity index (χ2v) is 7.24. The van der Waals surface area contributed by atoms with E-state index in [2.05, 4.69) is 36.7 Å². The molecular formula is C12H16ClN5S2. The van der Waals surface area contributed by atoms with Gasteiger partial charge < -0.3 is 4.90 Å². The lowest BCUT2D eigenvalue weighted by Crippen LogP contribution is -2.51. The monoisotopic (exact) mass is 329 g/mol. The fraction of sp³-hybridized carbons (Fsp3) is 0.583. The van der Waals surface area contributed by atoms with Crippen molar-refractivity contribution in [2.45, 2.75) is 26.4 Å². The molecule has 1 fully saturated rings. The molecule has 3 heterocycles. The third kappa shape index (κ3) is 2.95. The van der Waals surface area contributed by atoms with Crippen molar-refractivity contribution in [3.05, 3.63) is 21.1 Å². The third-order valence-corrected chi connectivity index (χ3v) is 5.43. The van der Waals surface area contributed by atoms with Crippen molar-refractivity contribution < 1.29 is 0 Å². The van der Waals surface area contributed by atoms with Crippen molar-refractivity contribution in [2.75, 3.05) is 24.5 Å². The van der Waals surface area contributed by atoms with Gasteiger partial charge in [0.05, 0.1) is 5.69 Å². The lowest BCUT2D eigenvalue weighted by Gasteiger charge is -2.39. The van der Waals surface area contributed by atoms with Crippen LogP contribution in [0.3, 0.4) is 0 Å². The predicted octanol–water partition coefficient (Wildman–Crippen LogP) is 2.67. The molecule has 2 aromatic heterocycles. The molecule has 5 nitrogen and oxygen atoms in total. The summed E-state index contributed by atoms with van der Waals surface area (Å²) in [6, 6.07) is 0.444. The molecule has 0 spiro atoms. The summed E-state index contributed by atoms with van der Waals surface area (Å²) in [5.41, 5.74) is 1.99. The average Bonchev–Trinajstić information content (AvgIpc) is 3.00. The number of thiazole rings is 1. The van der Waals surface area contributed by atoms with Crippen LogP contribution in [0.5, 0.6) is 0 Å². The SMILES string of the molecule is Cc1csc(N2CCN(Cc3nnsc3Cl)CC2C)n1. The maximum atomic E-state index is 6.07. The highest BCUT2D eigenvalue weighted by Gasteiger charge is 2.26. The van der Waals surface area contributed by atoms with Gasteiger partial charge >= 0.3 is 0 Å². The van der Waals surface area contributed by atoms with Crippen molar-refractivity contribution in [2.24, 2.45) is 0 Å². The van der Waals surface area contributed by atoms with Crippen molar-refractivity contribution in [3.8, 4) is 0 Å². The maximum Gasteiger partial charge on any atom is 0.185 e. The molecule has 8 heteroatoms. The number of halogens is 1. The Hall–Kier alpha value is -0.760. The number of aromatic nitrogens is 3. The Morgan fingerprint density at radius 2 is 2.30 bits per heavy atom. The van der Waals surface area contributed by atoms with Gasteiger partial charge in [-0.15, -0.1) is 16.4 Å². The quantitative estimate of drug-likeness (QED) is 0.866. The first-order chi connectivity index (χ1) is 9.63. The van der Waals surface area contributed by atoms with Crippen LogP contribution in [-0.4, -0.2) is 45.1 Å². The van der Waals surface area contributed by atoms with Crippen molar-refractivity contribution in [3.63, 3.8) is 0 Å². The Balaban J connectivity index is 1.63. The summed E-state index contributed by atoms with van der Waals surface area (Å²) in [6.07, 6.45) is 0. The fourth-order valence-electron chi connectivity index (χ4n) is 2.44. The molecule has 2 aromatic rings. The van der Waals surface area contributed by atoms with Crippen molar-refractivity contribution >= 4 is 39.6 Å². The molecule has 0 saturated carbocycles. The van der Waals surface area contributed by atoms with Crippen molar-refractivity contribution in [1.29, 1.82) is 0 Å². The smallest absolute Gasteiger partial charge is 0.185 e. The highest BCUT2D eigenvalue weighted by atomic mass is 35.5. The molecule has 1 aliphatic heterocycles. The topological polar surface area (TPSA) is 45.2 Å². The summed E-state index contributed by atoms with van der Waals surface area (Å²) in [4.78, 5) is 9.35. The first-order valence-corrected chi connectivity index (χ1v) is 8.54.